The summed E-state index contributed by atoms with van der Waals surface area (Å²) in [7, 11) is 0. The summed E-state index contributed by atoms with van der Waals surface area (Å²) in [6, 6.07) is 0. The Bertz CT molecular complexity index is 237. The molecular formula is C7H7NO3. The molecule has 0 saturated carbocycles. The van der Waals surface area contributed by atoms with E-state index >= 15 is 0 Å². The second-order valence-corrected chi connectivity index (χ2v) is 1.74. The van der Waals surface area contributed by atoms with Gasteiger partial charge in [-0.3, -0.25) is 0 Å². The van der Waals surface area contributed by atoms with Gasteiger partial charge in [0.25, 0.3) is 12.2 Å². The van der Waals surface area contributed by atoms with Gasteiger partial charge in [0.05, 0.1) is 0 Å². The summed E-state index contributed by atoms with van der Waals surface area (Å²) in [6.07, 6.45) is 1.31. The maximum absolute atomic E-state index is 10.7. The highest BCUT2D eigenvalue weighted by molar-refractivity contribution is 5.87. The molecule has 0 aliphatic carbocycles. The molecule has 58 valence electrons. The van der Waals surface area contributed by atoms with Gasteiger partial charge in [-0.1, -0.05) is 6.58 Å². The molecule has 0 amide bonds. The molecule has 0 aliphatic heterocycles. The van der Waals surface area contributed by atoms with Gasteiger partial charge in [-0.05, 0) is 13.5 Å². The van der Waals surface area contributed by atoms with Gasteiger partial charge in [0, 0.05) is 5.57 Å². The summed E-state index contributed by atoms with van der Waals surface area (Å²) < 4.78 is 8.46. The van der Waals surface area contributed by atoms with Gasteiger partial charge in [-0.2, -0.15) is 0 Å². The van der Waals surface area contributed by atoms with Gasteiger partial charge in [0.2, 0.25) is 0 Å². The molecular weight excluding hydrogens is 146 g/mol. The van der Waals surface area contributed by atoms with Crippen molar-refractivity contribution in [2.45, 2.75) is 6.92 Å². The summed E-state index contributed by atoms with van der Waals surface area (Å²) in [5.41, 5.74) is 0.215. The van der Waals surface area contributed by atoms with E-state index in [1.165, 1.54) is 13.2 Å². The highest BCUT2D eigenvalue weighted by Crippen LogP contribution is 2.00. The van der Waals surface area contributed by atoms with Gasteiger partial charge < -0.3 is 9.47 Å². The Morgan fingerprint density at radius 1 is 1.55 bits per heavy atom. The van der Waals surface area contributed by atoms with Crippen LogP contribution >= 0.6 is 0 Å². The minimum atomic E-state index is -0.662. The molecule has 0 atom stereocenters. The summed E-state index contributed by atoms with van der Waals surface area (Å²) >= 11 is 0. The molecule has 4 nitrogen and oxygen atoms in total. The lowest BCUT2D eigenvalue weighted by Gasteiger charge is -2.00. The Morgan fingerprint density at radius 3 is 2.45 bits per heavy atom. The average Bonchev–Trinajstić information content (AvgIpc) is 1.87. The molecule has 0 heterocycles. The predicted octanol–water partition coefficient (Wildman–Crippen LogP) is 1.07. The number of hydrogen-bond donors (Lipinski definition) is 0. The summed E-state index contributed by atoms with van der Waals surface area (Å²) in [5, 5.41) is 7.94. The lowest BCUT2D eigenvalue weighted by atomic mass is 10.4. The maximum Gasteiger partial charge on any atom is 0.340 e. The third-order valence-electron chi connectivity index (χ3n) is 0.714. The van der Waals surface area contributed by atoms with Crippen LogP contribution in [0.5, 0.6) is 0 Å². The first-order valence-electron chi connectivity index (χ1n) is 2.70. The van der Waals surface area contributed by atoms with Gasteiger partial charge in [0.15, 0.2) is 0 Å². The van der Waals surface area contributed by atoms with Crippen LogP contribution in [0.3, 0.4) is 0 Å². The van der Waals surface area contributed by atoms with Crippen LogP contribution in [-0.2, 0) is 14.3 Å². The zero-order valence-electron chi connectivity index (χ0n) is 6.09. The van der Waals surface area contributed by atoms with E-state index in [1.807, 2.05) is 0 Å². The summed E-state index contributed by atoms with van der Waals surface area (Å²) in [6.45, 7) is 7.93. The molecule has 0 aromatic carbocycles. The average molecular weight is 153 g/mol. The zero-order chi connectivity index (χ0) is 8.85. The van der Waals surface area contributed by atoms with Gasteiger partial charge in [-0.15, -0.1) is 5.26 Å². The standard InChI is InChI=1S/C7H7NO3/c1-5(2)7(9)11-6(3)10-4-8/h1,3H2,2H3. The first-order chi connectivity index (χ1) is 5.07. The van der Waals surface area contributed by atoms with Crippen molar-refractivity contribution in [1.29, 1.82) is 5.26 Å². The highest BCUT2D eigenvalue weighted by atomic mass is 16.7. The fourth-order valence-electron chi connectivity index (χ4n) is 0.262. The van der Waals surface area contributed by atoms with Crippen LogP contribution in [0.15, 0.2) is 24.7 Å². The van der Waals surface area contributed by atoms with Crippen LogP contribution in [0.4, 0.5) is 0 Å². The minimum Gasteiger partial charge on any atom is -0.389 e. The van der Waals surface area contributed by atoms with Crippen LogP contribution in [0.2, 0.25) is 0 Å². The fraction of sp³-hybridized carbons (Fsp3) is 0.143. The number of hydrogen-bond acceptors (Lipinski definition) is 4. The van der Waals surface area contributed by atoms with Gasteiger partial charge >= 0.3 is 5.97 Å². The van der Waals surface area contributed by atoms with Crippen LogP contribution in [0.1, 0.15) is 6.92 Å². The summed E-state index contributed by atoms with van der Waals surface area (Å²) in [4.78, 5) is 10.7. The van der Waals surface area contributed by atoms with Crippen molar-refractivity contribution in [2.75, 3.05) is 0 Å². The minimum absolute atomic E-state index is 0.215. The molecule has 0 saturated heterocycles. The number of nitrogens with zero attached hydrogens (tertiary/aromatic N) is 1. The Kier molecular flexibility index (Phi) is 3.46. The highest BCUT2D eigenvalue weighted by Gasteiger charge is 2.05. The lowest BCUT2D eigenvalue weighted by Crippen LogP contribution is -2.04. The third kappa shape index (κ3) is 3.76. The first-order valence-corrected chi connectivity index (χ1v) is 2.70. The quantitative estimate of drug-likeness (QED) is 0.263. The third-order valence-corrected chi connectivity index (χ3v) is 0.714. The molecule has 0 rings (SSSR count). The van der Waals surface area contributed by atoms with E-state index in [-0.39, 0.29) is 11.5 Å². The molecule has 0 aliphatic rings. The second-order valence-electron chi connectivity index (χ2n) is 1.74. The van der Waals surface area contributed by atoms with Gasteiger partial charge in [-0.25, -0.2) is 4.79 Å². The Morgan fingerprint density at radius 2 is 2.09 bits per heavy atom. The maximum atomic E-state index is 10.7. The van der Waals surface area contributed by atoms with Crippen molar-refractivity contribution >= 4 is 5.97 Å². The van der Waals surface area contributed by atoms with Crippen molar-refractivity contribution in [1.82, 2.24) is 0 Å². The molecule has 0 N–H and O–H groups in total. The monoisotopic (exact) mass is 153 g/mol. The molecule has 0 fully saturated rings. The molecule has 4 heteroatoms. The van der Waals surface area contributed by atoms with Crippen LogP contribution in [-0.4, -0.2) is 5.97 Å². The largest absolute Gasteiger partial charge is 0.389 e. The lowest BCUT2D eigenvalue weighted by molar-refractivity contribution is -0.138. The van der Waals surface area contributed by atoms with Crippen molar-refractivity contribution in [3.05, 3.63) is 24.7 Å². The molecule has 0 aromatic rings. The van der Waals surface area contributed by atoms with E-state index in [1.54, 1.807) is 0 Å². The number of carbonyl (C=O) groups excluding carboxylic acids is 1. The molecule has 0 radical (unpaired) electrons. The summed E-state index contributed by atoms with van der Waals surface area (Å²) in [5.74, 6) is -1.01. The van der Waals surface area contributed by atoms with Crippen molar-refractivity contribution in [3.8, 4) is 6.26 Å². The Labute approximate surface area is 64.3 Å². The molecule has 0 spiro atoms. The van der Waals surface area contributed by atoms with Crippen LogP contribution in [0, 0.1) is 11.5 Å². The van der Waals surface area contributed by atoms with E-state index in [2.05, 4.69) is 22.6 Å². The van der Waals surface area contributed by atoms with E-state index in [9.17, 15) is 4.79 Å². The van der Waals surface area contributed by atoms with Crippen molar-refractivity contribution in [2.24, 2.45) is 0 Å². The number of rotatable bonds is 3. The fourth-order valence-corrected chi connectivity index (χ4v) is 0.262. The SMILES string of the molecule is C=C(OC#N)OC(=O)C(=C)C. The van der Waals surface area contributed by atoms with E-state index < -0.39 is 5.97 Å². The Hall–Kier alpha value is -1.76. The predicted molar refractivity (Wildman–Crippen MR) is 36.7 cm³/mol. The van der Waals surface area contributed by atoms with Crippen molar-refractivity contribution < 1.29 is 14.3 Å². The normalized spacial score (nSPS) is 7.64. The topological polar surface area (TPSA) is 59.3 Å². The van der Waals surface area contributed by atoms with E-state index in [4.69, 9.17) is 5.26 Å². The smallest absolute Gasteiger partial charge is 0.340 e. The van der Waals surface area contributed by atoms with Gasteiger partial charge in [0.1, 0.15) is 0 Å². The van der Waals surface area contributed by atoms with Crippen LogP contribution < -0.4 is 0 Å². The number of carbonyl (C=O) groups is 1. The van der Waals surface area contributed by atoms with E-state index in [0.717, 1.165) is 0 Å². The molecule has 0 aromatic heterocycles. The van der Waals surface area contributed by atoms with E-state index in [0.29, 0.717) is 0 Å². The molecule has 0 unspecified atom stereocenters. The molecule has 0 bridgehead atoms. The first kappa shape index (κ1) is 9.24. The Balaban J connectivity index is 3.88. The number of esters is 1. The number of nitriles is 1. The number of ether oxygens (including phenoxy) is 2. The second kappa shape index (κ2) is 4.12. The zero-order valence-corrected chi connectivity index (χ0v) is 6.09. The van der Waals surface area contributed by atoms with Crippen molar-refractivity contribution in [3.63, 3.8) is 0 Å². The molecule has 11 heavy (non-hydrogen) atoms. The van der Waals surface area contributed by atoms with Crippen LogP contribution in [0.25, 0.3) is 0 Å².